The van der Waals surface area contributed by atoms with Crippen LogP contribution in [0.3, 0.4) is 0 Å². The summed E-state index contributed by atoms with van der Waals surface area (Å²) in [6, 6.07) is 10.9. The quantitative estimate of drug-likeness (QED) is 0.629. The van der Waals surface area contributed by atoms with Crippen LogP contribution in [0.5, 0.6) is 17.2 Å². The topological polar surface area (TPSA) is 61.8 Å². The van der Waals surface area contributed by atoms with Gasteiger partial charge in [0.15, 0.2) is 0 Å². The van der Waals surface area contributed by atoms with Gasteiger partial charge in [0.1, 0.15) is 23.9 Å². The summed E-state index contributed by atoms with van der Waals surface area (Å²) < 4.78 is 16.2. The van der Waals surface area contributed by atoms with Gasteiger partial charge in [-0.3, -0.25) is 9.59 Å². The third kappa shape index (κ3) is 3.71. The van der Waals surface area contributed by atoms with Crippen molar-refractivity contribution in [3.05, 3.63) is 53.1 Å². The average molecular weight is 338 g/mol. The normalized spacial score (nSPS) is 12.5. The third-order valence-electron chi connectivity index (χ3n) is 3.81. The molecule has 0 radical (unpaired) electrons. The van der Waals surface area contributed by atoms with Crippen LogP contribution in [0.15, 0.2) is 36.4 Å². The molecule has 2 aromatic carbocycles. The smallest absolute Gasteiger partial charge is 0.308 e. The van der Waals surface area contributed by atoms with Crippen LogP contribution in [-0.2, 0) is 9.59 Å². The second kappa shape index (κ2) is 6.81. The molecule has 0 aliphatic carbocycles. The maximum absolute atomic E-state index is 11.2. The summed E-state index contributed by atoms with van der Waals surface area (Å²) in [6.07, 6.45) is 2.02. The lowest BCUT2D eigenvalue weighted by molar-refractivity contribution is -0.132. The first kappa shape index (κ1) is 16.8. The predicted molar refractivity (Wildman–Crippen MR) is 93.6 cm³/mol. The molecule has 0 atom stereocenters. The van der Waals surface area contributed by atoms with Gasteiger partial charge in [0.25, 0.3) is 0 Å². The summed E-state index contributed by atoms with van der Waals surface area (Å²) >= 11 is 0. The van der Waals surface area contributed by atoms with Gasteiger partial charge in [-0.05, 0) is 48.4 Å². The van der Waals surface area contributed by atoms with Crippen molar-refractivity contribution in [2.75, 3.05) is 6.61 Å². The Morgan fingerprint density at radius 1 is 1.04 bits per heavy atom. The summed E-state index contributed by atoms with van der Waals surface area (Å²) in [5, 5.41) is 0. The summed E-state index contributed by atoms with van der Waals surface area (Å²) in [6.45, 7) is 4.97. The molecule has 0 saturated heterocycles. The molecule has 1 aliphatic heterocycles. The molecule has 1 aliphatic rings. The van der Waals surface area contributed by atoms with E-state index in [4.69, 9.17) is 14.2 Å². The maximum atomic E-state index is 11.2. The summed E-state index contributed by atoms with van der Waals surface area (Å²) in [7, 11) is 0. The minimum absolute atomic E-state index is 0.356. The predicted octanol–water partition coefficient (Wildman–Crippen LogP) is 3.78. The molecule has 128 valence electrons. The van der Waals surface area contributed by atoms with E-state index in [-0.39, 0.29) is 11.9 Å². The summed E-state index contributed by atoms with van der Waals surface area (Å²) in [5.41, 5.74) is 3.59. The minimum Gasteiger partial charge on any atom is -0.488 e. The van der Waals surface area contributed by atoms with Gasteiger partial charge in [-0.2, -0.15) is 0 Å². The Kier molecular flexibility index (Phi) is 4.57. The van der Waals surface area contributed by atoms with Crippen molar-refractivity contribution >= 4 is 23.6 Å². The fourth-order valence-corrected chi connectivity index (χ4v) is 2.74. The van der Waals surface area contributed by atoms with E-state index in [0.29, 0.717) is 23.9 Å². The van der Waals surface area contributed by atoms with Gasteiger partial charge in [-0.1, -0.05) is 12.1 Å². The van der Waals surface area contributed by atoms with Gasteiger partial charge in [0.05, 0.1) is 0 Å². The largest absolute Gasteiger partial charge is 0.488 e. The zero-order valence-electron chi connectivity index (χ0n) is 14.3. The number of carbonyl (C=O) groups excluding carboxylic acids is 2. The van der Waals surface area contributed by atoms with E-state index in [1.165, 1.54) is 13.8 Å². The van der Waals surface area contributed by atoms with Gasteiger partial charge in [-0.15, -0.1) is 0 Å². The average Bonchev–Trinajstić information content (AvgIpc) is 2.56. The van der Waals surface area contributed by atoms with Gasteiger partial charge >= 0.3 is 11.9 Å². The third-order valence-corrected chi connectivity index (χ3v) is 3.81. The lowest BCUT2D eigenvalue weighted by atomic mass is 9.99. The number of carbonyl (C=O) groups is 2. The lowest BCUT2D eigenvalue weighted by Gasteiger charge is -2.21. The fourth-order valence-electron chi connectivity index (χ4n) is 2.74. The highest BCUT2D eigenvalue weighted by molar-refractivity contribution is 5.87. The Hall–Kier alpha value is -3.08. The van der Waals surface area contributed by atoms with Crippen molar-refractivity contribution in [3.63, 3.8) is 0 Å². The molecule has 0 amide bonds. The van der Waals surface area contributed by atoms with Crippen molar-refractivity contribution in [1.29, 1.82) is 0 Å². The Morgan fingerprint density at radius 3 is 2.52 bits per heavy atom. The van der Waals surface area contributed by atoms with Crippen LogP contribution in [0, 0.1) is 6.92 Å². The van der Waals surface area contributed by atoms with Gasteiger partial charge < -0.3 is 14.2 Å². The van der Waals surface area contributed by atoms with Crippen LogP contribution in [0.25, 0.3) is 11.6 Å². The van der Waals surface area contributed by atoms with Crippen LogP contribution in [-0.4, -0.2) is 18.5 Å². The number of ether oxygens (including phenoxy) is 3. The molecule has 0 bridgehead atoms. The van der Waals surface area contributed by atoms with Crippen LogP contribution in [0.2, 0.25) is 0 Å². The number of hydrogen-bond acceptors (Lipinski definition) is 5. The first-order chi connectivity index (χ1) is 11.9. The molecule has 0 N–H and O–H groups in total. The van der Waals surface area contributed by atoms with E-state index < -0.39 is 0 Å². The van der Waals surface area contributed by atoms with Gasteiger partial charge in [-0.25, -0.2) is 0 Å². The Morgan fingerprint density at radius 2 is 1.80 bits per heavy atom. The molecule has 0 aromatic heterocycles. The van der Waals surface area contributed by atoms with Crippen molar-refractivity contribution in [2.24, 2.45) is 0 Å². The highest BCUT2D eigenvalue weighted by Gasteiger charge is 2.18. The highest BCUT2D eigenvalue weighted by atomic mass is 16.5. The number of esters is 2. The molecule has 0 saturated carbocycles. The molecule has 5 nitrogen and oxygen atoms in total. The van der Waals surface area contributed by atoms with E-state index in [9.17, 15) is 9.59 Å². The van der Waals surface area contributed by atoms with E-state index in [1.807, 2.05) is 37.3 Å². The fraction of sp³-hybridized carbons (Fsp3) is 0.200. The number of hydrogen-bond donors (Lipinski definition) is 0. The minimum atomic E-state index is -0.364. The Bertz CT molecular complexity index is 880. The highest BCUT2D eigenvalue weighted by Crippen LogP contribution is 2.38. The molecule has 3 rings (SSSR count). The van der Waals surface area contributed by atoms with E-state index >= 15 is 0 Å². The van der Waals surface area contributed by atoms with E-state index in [1.54, 1.807) is 12.1 Å². The number of fused-ring (bicyclic) bond motifs is 1. The second-order valence-corrected chi connectivity index (χ2v) is 5.78. The standard InChI is InChI=1S/C20H18O5/c1-12-19(25-14(3)22)8-7-16-9-17(11-23-20(12)16)15-5-4-6-18(10-15)24-13(2)21/h4-10H,11H2,1-3H3. The number of benzene rings is 2. The van der Waals surface area contributed by atoms with Crippen molar-refractivity contribution < 1.29 is 23.8 Å². The SMILES string of the molecule is CC(=O)Oc1cccc(C2=Cc3ccc(OC(C)=O)c(C)c3OC2)c1. The van der Waals surface area contributed by atoms with Crippen molar-refractivity contribution in [3.8, 4) is 17.2 Å². The van der Waals surface area contributed by atoms with E-state index in [0.717, 1.165) is 22.3 Å². The first-order valence-corrected chi connectivity index (χ1v) is 7.88. The zero-order valence-corrected chi connectivity index (χ0v) is 14.3. The zero-order chi connectivity index (χ0) is 18.0. The van der Waals surface area contributed by atoms with Crippen LogP contribution < -0.4 is 14.2 Å². The van der Waals surface area contributed by atoms with Crippen LogP contribution in [0.1, 0.15) is 30.5 Å². The molecule has 25 heavy (non-hydrogen) atoms. The van der Waals surface area contributed by atoms with Crippen molar-refractivity contribution in [2.45, 2.75) is 20.8 Å². The molecule has 0 spiro atoms. The Balaban J connectivity index is 1.94. The molecule has 0 unspecified atom stereocenters. The van der Waals surface area contributed by atoms with Crippen LogP contribution >= 0.6 is 0 Å². The van der Waals surface area contributed by atoms with Crippen molar-refractivity contribution in [1.82, 2.24) is 0 Å². The monoisotopic (exact) mass is 338 g/mol. The summed E-state index contributed by atoms with van der Waals surface area (Å²) in [4.78, 5) is 22.3. The summed E-state index contributed by atoms with van der Waals surface area (Å²) in [5.74, 6) is 0.985. The molecule has 2 aromatic rings. The molecule has 1 heterocycles. The maximum Gasteiger partial charge on any atom is 0.308 e. The lowest BCUT2D eigenvalue weighted by Crippen LogP contribution is -2.10. The molecular weight excluding hydrogens is 320 g/mol. The van der Waals surface area contributed by atoms with Gasteiger partial charge in [0.2, 0.25) is 0 Å². The molecular formula is C20H18O5. The molecule has 0 fully saturated rings. The van der Waals surface area contributed by atoms with Gasteiger partial charge in [0, 0.05) is 25.0 Å². The Labute approximate surface area is 145 Å². The first-order valence-electron chi connectivity index (χ1n) is 7.88. The second-order valence-electron chi connectivity index (χ2n) is 5.78. The molecule has 5 heteroatoms. The van der Waals surface area contributed by atoms with Crippen LogP contribution in [0.4, 0.5) is 0 Å². The van der Waals surface area contributed by atoms with E-state index in [2.05, 4.69) is 0 Å². The number of rotatable bonds is 3.